The topological polar surface area (TPSA) is 67.5 Å². The van der Waals surface area contributed by atoms with E-state index in [-0.39, 0.29) is 5.91 Å². The Bertz CT molecular complexity index is 880. The quantitative estimate of drug-likeness (QED) is 0.593. The van der Waals surface area contributed by atoms with E-state index in [0.717, 1.165) is 35.0 Å². The summed E-state index contributed by atoms with van der Waals surface area (Å²) in [6.07, 6.45) is 6.95. The number of fused-ring (bicyclic) bond motifs is 1. The molecule has 23 heavy (non-hydrogen) atoms. The molecule has 1 aliphatic rings. The number of rotatable bonds is 4. The minimum atomic E-state index is -0.231. The minimum absolute atomic E-state index is 0.231. The fourth-order valence-electron chi connectivity index (χ4n) is 2.55. The number of hydrogen-bond donors (Lipinski definition) is 1. The Labute approximate surface area is 133 Å². The fraction of sp³-hybridized carbons (Fsp3) is 0.167. The van der Waals surface area contributed by atoms with Gasteiger partial charge in [0.25, 0.3) is 5.91 Å². The van der Waals surface area contributed by atoms with E-state index in [9.17, 15) is 4.79 Å². The van der Waals surface area contributed by atoms with Gasteiger partial charge in [0.2, 0.25) is 0 Å². The van der Waals surface area contributed by atoms with E-state index in [1.54, 1.807) is 24.8 Å². The average molecular weight is 305 g/mol. The molecule has 1 aliphatic carbocycles. The van der Waals surface area contributed by atoms with Gasteiger partial charge in [-0.15, -0.1) is 0 Å². The van der Waals surface area contributed by atoms with Crippen molar-refractivity contribution in [2.75, 3.05) is 0 Å². The summed E-state index contributed by atoms with van der Waals surface area (Å²) in [6, 6.07) is 11.4. The van der Waals surface area contributed by atoms with Gasteiger partial charge in [0.1, 0.15) is 0 Å². The van der Waals surface area contributed by atoms with E-state index in [1.807, 2.05) is 30.3 Å². The Kier molecular flexibility index (Phi) is 3.38. The normalized spacial score (nSPS) is 14.4. The van der Waals surface area contributed by atoms with Crippen LogP contribution in [0.3, 0.4) is 0 Å². The summed E-state index contributed by atoms with van der Waals surface area (Å²) in [5.74, 6) is 0.255. The highest BCUT2D eigenvalue weighted by Gasteiger charge is 2.26. The summed E-state index contributed by atoms with van der Waals surface area (Å²) in [4.78, 5) is 17.2. The van der Waals surface area contributed by atoms with Gasteiger partial charge in [-0.25, -0.2) is 5.43 Å². The van der Waals surface area contributed by atoms with E-state index in [4.69, 9.17) is 4.42 Å². The van der Waals surface area contributed by atoms with Gasteiger partial charge in [-0.05, 0) is 31.0 Å². The molecule has 0 bridgehead atoms. The molecule has 1 amide bonds. The Morgan fingerprint density at radius 1 is 1.30 bits per heavy atom. The molecule has 1 aromatic carbocycles. The molecular formula is C18H15N3O2. The van der Waals surface area contributed by atoms with Crippen molar-refractivity contribution in [2.24, 2.45) is 5.10 Å². The highest BCUT2D eigenvalue weighted by molar-refractivity contribution is 6.06. The van der Waals surface area contributed by atoms with Crippen LogP contribution in [0.5, 0.6) is 0 Å². The van der Waals surface area contributed by atoms with Gasteiger partial charge >= 0.3 is 0 Å². The molecule has 1 fully saturated rings. The van der Waals surface area contributed by atoms with Crippen molar-refractivity contribution in [1.82, 2.24) is 10.4 Å². The second-order valence-electron chi connectivity index (χ2n) is 5.64. The standard InChI is InChI=1S/C18H15N3O2/c22-18(21-19-10-12-7-8-23-11-12)15-9-17(13-5-6-13)20-16-4-2-1-3-14(15)16/h1-4,7-11,13H,5-6H2,(H,21,22). The summed E-state index contributed by atoms with van der Waals surface area (Å²) in [5.41, 5.74) is 5.83. The molecule has 5 heteroatoms. The molecule has 1 N–H and O–H groups in total. The molecule has 2 aromatic heterocycles. The van der Waals surface area contributed by atoms with Crippen LogP contribution in [0.1, 0.15) is 40.4 Å². The lowest BCUT2D eigenvalue weighted by Gasteiger charge is -2.08. The van der Waals surface area contributed by atoms with Crippen molar-refractivity contribution in [3.63, 3.8) is 0 Å². The Hall–Kier alpha value is -2.95. The predicted molar refractivity (Wildman–Crippen MR) is 87.5 cm³/mol. The zero-order valence-electron chi connectivity index (χ0n) is 12.4. The smallest absolute Gasteiger partial charge is 0.272 e. The Balaban J connectivity index is 1.65. The summed E-state index contributed by atoms with van der Waals surface area (Å²) < 4.78 is 4.95. The first-order valence-electron chi connectivity index (χ1n) is 7.56. The van der Waals surface area contributed by atoms with Gasteiger partial charge in [-0.3, -0.25) is 9.78 Å². The largest absolute Gasteiger partial charge is 0.472 e. The summed E-state index contributed by atoms with van der Waals surface area (Å²) in [5, 5.41) is 4.82. The highest BCUT2D eigenvalue weighted by Crippen LogP contribution is 2.40. The summed E-state index contributed by atoms with van der Waals surface area (Å²) in [7, 11) is 0. The van der Waals surface area contributed by atoms with Gasteiger partial charge in [-0.2, -0.15) is 5.10 Å². The van der Waals surface area contributed by atoms with Gasteiger partial charge in [0, 0.05) is 22.6 Å². The number of furan rings is 1. The second-order valence-corrected chi connectivity index (χ2v) is 5.64. The monoisotopic (exact) mass is 305 g/mol. The number of para-hydroxylation sites is 1. The van der Waals surface area contributed by atoms with Crippen LogP contribution >= 0.6 is 0 Å². The number of pyridine rings is 1. The maximum atomic E-state index is 12.5. The van der Waals surface area contributed by atoms with Crippen LogP contribution < -0.4 is 5.43 Å². The number of nitrogens with one attached hydrogen (secondary N) is 1. The molecule has 3 aromatic rings. The van der Waals surface area contributed by atoms with E-state index >= 15 is 0 Å². The SMILES string of the molecule is O=C(NN=Cc1ccoc1)c1cc(C2CC2)nc2ccccc12. The fourth-order valence-corrected chi connectivity index (χ4v) is 2.55. The zero-order valence-corrected chi connectivity index (χ0v) is 12.4. The Morgan fingerprint density at radius 3 is 2.96 bits per heavy atom. The maximum absolute atomic E-state index is 12.5. The lowest BCUT2D eigenvalue weighted by Crippen LogP contribution is -2.18. The molecule has 5 nitrogen and oxygen atoms in total. The lowest BCUT2D eigenvalue weighted by atomic mass is 10.1. The molecule has 0 saturated heterocycles. The number of carbonyl (C=O) groups excluding carboxylic acids is 1. The zero-order chi connectivity index (χ0) is 15.6. The van der Waals surface area contributed by atoms with Gasteiger partial charge in [0.15, 0.2) is 0 Å². The van der Waals surface area contributed by atoms with Crippen molar-refractivity contribution >= 4 is 23.0 Å². The second kappa shape index (κ2) is 5.68. The van der Waals surface area contributed by atoms with E-state index < -0.39 is 0 Å². The molecule has 2 heterocycles. The third-order valence-electron chi connectivity index (χ3n) is 3.90. The van der Waals surface area contributed by atoms with Crippen molar-refractivity contribution in [1.29, 1.82) is 0 Å². The molecule has 0 radical (unpaired) electrons. The summed E-state index contributed by atoms with van der Waals surface area (Å²) in [6.45, 7) is 0. The molecule has 1 saturated carbocycles. The molecule has 114 valence electrons. The molecular weight excluding hydrogens is 290 g/mol. The molecule has 0 spiro atoms. The Morgan fingerprint density at radius 2 is 2.17 bits per heavy atom. The van der Waals surface area contributed by atoms with Crippen LogP contribution in [0.15, 0.2) is 58.4 Å². The molecule has 0 atom stereocenters. The van der Waals surface area contributed by atoms with Crippen molar-refractivity contribution in [3.8, 4) is 0 Å². The third-order valence-corrected chi connectivity index (χ3v) is 3.90. The first-order valence-corrected chi connectivity index (χ1v) is 7.56. The number of aromatic nitrogens is 1. The van der Waals surface area contributed by atoms with Crippen LogP contribution in [-0.2, 0) is 0 Å². The lowest BCUT2D eigenvalue weighted by molar-refractivity contribution is 0.0956. The third kappa shape index (κ3) is 2.85. The van der Waals surface area contributed by atoms with Crippen molar-refractivity contribution < 1.29 is 9.21 Å². The number of amides is 1. The van der Waals surface area contributed by atoms with Gasteiger partial charge in [0.05, 0.1) is 29.8 Å². The number of benzene rings is 1. The van der Waals surface area contributed by atoms with Crippen LogP contribution in [0.4, 0.5) is 0 Å². The van der Waals surface area contributed by atoms with Crippen molar-refractivity contribution in [3.05, 3.63) is 65.7 Å². The minimum Gasteiger partial charge on any atom is -0.472 e. The molecule has 0 aliphatic heterocycles. The van der Waals surface area contributed by atoms with Crippen molar-refractivity contribution in [2.45, 2.75) is 18.8 Å². The number of hydrazone groups is 1. The number of nitrogens with zero attached hydrogens (tertiary/aromatic N) is 2. The van der Waals surface area contributed by atoms with Crippen LogP contribution in [0.25, 0.3) is 10.9 Å². The molecule has 0 unspecified atom stereocenters. The van der Waals surface area contributed by atoms with E-state index in [0.29, 0.717) is 11.5 Å². The van der Waals surface area contributed by atoms with E-state index in [2.05, 4.69) is 15.5 Å². The highest BCUT2D eigenvalue weighted by atomic mass is 16.3. The number of hydrogen-bond acceptors (Lipinski definition) is 4. The molecule has 4 rings (SSSR count). The predicted octanol–water partition coefficient (Wildman–Crippen LogP) is 3.47. The van der Waals surface area contributed by atoms with Crippen LogP contribution in [-0.4, -0.2) is 17.1 Å². The maximum Gasteiger partial charge on any atom is 0.272 e. The summed E-state index contributed by atoms with van der Waals surface area (Å²) >= 11 is 0. The van der Waals surface area contributed by atoms with Crippen LogP contribution in [0.2, 0.25) is 0 Å². The first kappa shape index (κ1) is 13.7. The first-order chi connectivity index (χ1) is 11.3. The number of carbonyl (C=O) groups is 1. The van der Waals surface area contributed by atoms with E-state index in [1.165, 1.54) is 0 Å². The van der Waals surface area contributed by atoms with Gasteiger partial charge < -0.3 is 4.42 Å². The average Bonchev–Trinajstić information content (AvgIpc) is 3.31. The van der Waals surface area contributed by atoms with Gasteiger partial charge in [-0.1, -0.05) is 18.2 Å². The van der Waals surface area contributed by atoms with Crippen LogP contribution in [0, 0.1) is 0 Å².